The second-order valence-electron chi connectivity index (χ2n) is 7.85. The first-order chi connectivity index (χ1) is 17.8. The number of primary amides is 1. The van der Waals surface area contributed by atoms with Crippen LogP contribution in [0.1, 0.15) is 33.2 Å². The Balaban J connectivity index is 1.84. The van der Waals surface area contributed by atoms with Gasteiger partial charge >= 0.3 is 11.9 Å². The molecule has 0 saturated carbocycles. The Kier molecular flexibility index (Phi) is 6.84. The number of benzene rings is 1. The molecule has 0 aliphatic carbocycles. The number of halogens is 5. The standard InChI is InChI=1S/C22H15F5N6O4S/c1-9-17(33(36)37)16(19(23)24)31-32(9)8-13(34)30-15-14-11(10-5-3-2-4-6-10)7-12(22(25,26)27)29-21(14)38-18(15)20(28)35/h2-7,19H,8H2,1H3,(H2,28,35)(H,30,34). The zero-order chi connectivity index (χ0) is 27.9. The number of amides is 2. The molecule has 0 radical (unpaired) electrons. The Bertz CT molecular complexity index is 1580. The first-order valence-electron chi connectivity index (χ1n) is 10.5. The summed E-state index contributed by atoms with van der Waals surface area (Å²) in [6.45, 7) is 0.332. The van der Waals surface area contributed by atoms with E-state index in [0.717, 1.165) is 13.0 Å². The fourth-order valence-corrected chi connectivity index (χ4v) is 4.79. The Hall–Kier alpha value is -4.47. The number of rotatable bonds is 7. The summed E-state index contributed by atoms with van der Waals surface area (Å²) < 4.78 is 67.9. The summed E-state index contributed by atoms with van der Waals surface area (Å²) in [4.78, 5) is 38.3. The van der Waals surface area contributed by atoms with Crippen molar-refractivity contribution in [2.45, 2.75) is 26.1 Å². The zero-order valence-corrected chi connectivity index (χ0v) is 19.9. The van der Waals surface area contributed by atoms with E-state index >= 15 is 0 Å². The van der Waals surface area contributed by atoms with Gasteiger partial charge in [-0.1, -0.05) is 30.3 Å². The topological polar surface area (TPSA) is 146 Å². The lowest BCUT2D eigenvalue weighted by molar-refractivity contribution is -0.386. The van der Waals surface area contributed by atoms with Crippen LogP contribution in [0.5, 0.6) is 0 Å². The molecule has 0 spiro atoms. The number of aromatic nitrogens is 3. The van der Waals surface area contributed by atoms with E-state index in [0.29, 0.717) is 21.6 Å². The van der Waals surface area contributed by atoms with Crippen molar-refractivity contribution in [3.63, 3.8) is 0 Å². The second kappa shape index (κ2) is 9.77. The van der Waals surface area contributed by atoms with Crippen LogP contribution in [0.3, 0.4) is 0 Å². The van der Waals surface area contributed by atoms with Gasteiger partial charge in [0.25, 0.3) is 12.3 Å². The molecule has 2 amide bonds. The van der Waals surface area contributed by atoms with Gasteiger partial charge in [0.15, 0.2) is 0 Å². The van der Waals surface area contributed by atoms with E-state index in [2.05, 4.69) is 15.4 Å². The number of carbonyl (C=O) groups is 2. The monoisotopic (exact) mass is 554 g/mol. The zero-order valence-electron chi connectivity index (χ0n) is 19.0. The molecule has 3 N–H and O–H groups in total. The van der Waals surface area contributed by atoms with Crippen LogP contribution in [-0.4, -0.2) is 31.5 Å². The van der Waals surface area contributed by atoms with Crippen LogP contribution < -0.4 is 11.1 Å². The maximum atomic E-state index is 13.6. The molecule has 1 aromatic carbocycles. The number of nitrogens with one attached hydrogen (secondary N) is 1. The van der Waals surface area contributed by atoms with Gasteiger partial charge in [-0.15, -0.1) is 11.3 Å². The molecule has 0 aliphatic rings. The average molecular weight is 554 g/mol. The summed E-state index contributed by atoms with van der Waals surface area (Å²) in [7, 11) is 0. The third kappa shape index (κ3) is 4.89. The summed E-state index contributed by atoms with van der Waals surface area (Å²) in [5.74, 6) is -2.03. The molecule has 16 heteroatoms. The third-order valence-electron chi connectivity index (χ3n) is 5.41. The Morgan fingerprint density at radius 1 is 1.24 bits per heavy atom. The predicted octanol–water partition coefficient (Wildman–Crippen LogP) is 5.07. The highest BCUT2D eigenvalue weighted by atomic mass is 32.1. The largest absolute Gasteiger partial charge is 0.433 e. The quantitative estimate of drug-likeness (QED) is 0.185. The van der Waals surface area contributed by atoms with Crippen molar-refractivity contribution in [3.8, 4) is 11.1 Å². The molecule has 3 heterocycles. The first kappa shape index (κ1) is 26.6. The minimum absolute atomic E-state index is 0.00660. The number of nitrogens with zero attached hydrogens (tertiary/aromatic N) is 4. The number of anilines is 1. The van der Waals surface area contributed by atoms with Crippen molar-refractivity contribution in [2.75, 3.05) is 5.32 Å². The number of nitro groups is 1. The smallest absolute Gasteiger partial charge is 0.365 e. The number of carbonyl (C=O) groups excluding carboxylic acids is 2. The van der Waals surface area contributed by atoms with Gasteiger partial charge in [0.2, 0.25) is 11.6 Å². The SMILES string of the molecule is Cc1c([N+](=O)[O-])c(C(F)F)nn1CC(=O)Nc1c(C(N)=O)sc2nc(C(F)(F)F)cc(-c3ccccc3)c12. The van der Waals surface area contributed by atoms with Crippen LogP contribution in [0.4, 0.5) is 33.3 Å². The molecule has 3 aromatic heterocycles. The van der Waals surface area contributed by atoms with E-state index in [4.69, 9.17) is 5.73 Å². The highest BCUT2D eigenvalue weighted by Gasteiger charge is 2.35. The van der Waals surface area contributed by atoms with Crippen molar-refractivity contribution >= 4 is 44.7 Å². The van der Waals surface area contributed by atoms with Crippen LogP contribution >= 0.6 is 11.3 Å². The number of hydrogen-bond donors (Lipinski definition) is 2. The van der Waals surface area contributed by atoms with E-state index in [-0.39, 0.29) is 32.0 Å². The van der Waals surface area contributed by atoms with E-state index in [1.165, 1.54) is 12.1 Å². The van der Waals surface area contributed by atoms with Gasteiger partial charge in [0.1, 0.15) is 27.6 Å². The fourth-order valence-electron chi connectivity index (χ4n) is 3.78. The van der Waals surface area contributed by atoms with Gasteiger partial charge in [-0.05, 0) is 24.1 Å². The first-order valence-corrected chi connectivity index (χ1v) is 11.3. The molecule has 0 bridgehead atoms. The number of thiophene rings is 1. The lowest BCUT2D eigenvalue weighted by Crippen LogP contribution is -2.22. The molecule has 4 rings (SSSR count). The molecule has 0 fully saturated rings. The van der Waals surface area contributed by atoms with Crippen molar-refractivity contribution < 1.29 is 36.5 Å². The normalized spacial score (nSPS) is 11.8. The maximum absolute atomic E-state index is 13.6. The summed E-state index contributed by atoms with van der Waals surface area (Å²) >= 11 is 0.526. The maximum Gasteiger partial charge on any atom is 0.433 e. The minimum Gasteiger partial charge on any atom is -0.365 e. The molecule has 198 valence electrons. The van der Waals surface area contributed by atoms with Crippen molar-refractivity contribution in [1.82, 2.24) is 14.8 Å². The van der Waals surface area contributed by atoms with Gasteiger partial charge in [0, 0.05) is 5.39 Å². The highest BCUT2D eigenvalue weighted by Crippen LogP contribution is 2.43. The minimum atomic E-state index is -4.83. The fraction of sp³-hybridized carbons (Fsp3) is 0.182. The van der Waals surface area contributed by atoms with Crippen LogP contribution in [-0.2, 0) is 17.5 Å². The summed E-state index contributed by atoms with van der Waals surface area (Å²) in [5, 5.41) is 17.1. The van der Waals surface area contributed by atoms with Crippen LogP contribution in [0.2, 0.25) is 0 Å². The molecule has 10 nitrogen and oxygen atoms in total. The summed E-state index contributed by atoms with van der Waals surface area (Å²) in [6, 6.07) is 8.57. The van der Waals surface area contributed by atoms with Gasteiger partial charge < -0.3 is 11.1 Å². The Morgan fingerprint density at radius 3 is 2.42 bits per heavy atom. The number of alkyl halides is 5. The van der Waals surface area contributed by atoms with Crippen LogP contribution in [0.25, 0.3) is 21.3 Å². The molecule has 38 heavy (non-hydrogen) atoms. The molecule has 0 unspecified atom stereocenters. The van der Waals surface area contributed by atoms with E-state index in [1.54, 1.807) is 18.2 Å². The van der Waals surface area contributed by atoms with Gasteiger partial charge in [-0.25, -0.2) is 13.8 Å². The summed E-state index contributed by atoms with van der Waals surface area (Å²) in [5.41, 5.74) is 1.84. The number of fused-ring (bicyclic) bond motifs is 1. The Labute approximate surface area is 213 Å². The van der Waals surface area contributed by atoms with Crippen molar-refractivity contribution in [2.24, 2.45) is 5.73 Å². The van der Waals surface area contributed by atoms with Crippen LogP contribution in [0.15, 0.2) is 36.4 Å². The molecule has 4 aromatic rings. The molecule has 0 saturated heterocycles. The summed E-state index contributed by atoms with van der Waals surface area (Å²) in [6.07, 6.45) is -8.12. The van der Waals surface area contributed by atoms with Crippen molar-refractivity contribution in [1.29, 1.82) is 0 Å². The molecule has 0 atom stereocenters. The average Bonchev–Trinajstić information content (AvgIpc) is 3.36. The van der Waals surface area contributed by atoms with Crippen molar-refractivity contribution in [3.05, 3.63) is 68.5 Å². The van der Waals surface area contributed by atoms with E-state index < -0.39 is 53.0 Å². The highest BCUT2D eigenvalue weighted by molar-refractivity contribution is 7.21. The lowest BCUT2D eigenvalue weighted by Gasteiger charge is -2.12. The van der Waals surface area contributed by atoms with Gasteiger partial charge in [-0.3, -0.25) is 24.4 Å². The Morgan fingerprint density at radius 2 is 1.89 bits per heavy atom. The van der Waals surface area contributed by atoms with E-state index in [9.17, 15) is 41.7 Å². The third-order valence-corrected chi connectivity index (χ3v) is 6.51. The molecular weight excluding hydrogens is 539 g/mol. The number of nitrogens with two attached hydrogens (primary N) is 1. The molecular formula is C22H15F5N6O4S. The van der Waals surface area contributed by atoms with Crippen LogP contribution in [0, 0.1) is 17.0 Å². The van der Waals surface area contributed by atoms with E-state index in [1.807, 2.05) is 0 Å². The predicted molar refractivity (Wildman–Crippen MR) is 126 cm³/mol. The number of hydrogen-bond acceptors (Lipinski definition) is 7. The second-order valence-corrected chi connectivity index (χ2v) is 8.85. The van der Waals surface area contributed by atoms with Gasteiger partial charge in [-0.2, -0.15) is 18.3 Å². The van der Waals surface area contributed by atoms with Gasteiger partial charge in [0.05, 0.1) is 10.6 Å². The lowest BCUT2D eigenvalue weighted by atomic mass is 10.0. The number of pyridine rings is 1. The molecule has 0 aliphatic heterocycles.